The molecule has 0 N–H and O–H groups in total. The van der Waals surface area contributed by atoms with E-state index in [0.717, 1.165) is 11.6 Å². The van der Waals surface area contributed by atoms with E-state index in [9.17, 15) is 22.8 Å². The number of rotatable bonds is 5. The Morgan fingerprint density at radius 3 is 2.57 bits per heavy atom. The maximum absolute atomic E-state index is 13.3. The van der Waals surface area contributed by atoms with Crippen LogP contribution in [0.1, 0.15) is 16.8 Å². The van der Waals surface area contributed by atoms with Gasteiger partial charge in [0, 0.05) is 12.3 Å². The molecule has 0 radical (unpaired) electrons. The molecule has 2 aromatic heterocycles. The fourth-order valence-corrected chi connectivity index (χ4v) is 2.76. The smallest absolute Gasteiger partial charge is 0.402 e. The average molecular weight is 390 g/mol. The fraction of sp³-hybridized carbons (Fsp3) is 0.250. The van der Waals surface area contributed by atoms with E-state index in [-0.39, 0.29) is 5.69 Å². The minimum absolute atomic E-state index is 0.0860. The first kappa shape index (κ1) is 19.6. The number of esters is 1. The summed E-state index contributed by atoms with van der Waals surface area (Å²) >= 11 is 0. The van der Waals surface area contributed by atoms with Crippen LogP contribution in [0.5, 0.6) is 0 Å². The Kier molecular flexibility index (Phi) is 5.48. The van der Waals surface area contributed by atoms with E-state index in [4.69, 9.17) is 4.74 Å². The van der Waals surface area contributed by atoms with Crippen molar-refractivity contribution in [2.75, 3.05) is 0 Å². The highest BCUT2D eigenvalue weighted by Gasteiger charge is 2.45. The van der Waals surface area contributed by atoms with E-state index < -0.39 is 36.7 Å². The van der Waals surface area contributed by atoms with Crippen LogP contribution in [0.3, 0.4) is 0 Å². The predicted octanol–water partition coefficient (Wildman–Crippen LogP) is 3.47. The monoisotopic (exact) mass is 390 g/mol. The molecule has 0 spiro atoms. The first-order chi connectivity index (χ1) is 13.2. The Balaban J connectivity index is 1.76. The van der Waals surface area contributed by atoms with Gasteiger partial charge in [-0.05, 0) is 30.5 Å². The topological polar surface area (TPSA) is 60.7 Å². The number of carbonyl (C=O) groups excluding carboxylic acids is 1. The van der Waals surface area contributed by atoms with Gasteiger partial charge in [-0.3, -0.25) is 14.0 Å². The zero-order valence-corrected chi connectivity index (χ0v) is 14.9. The summed E-state index contributed by atoms with van der Waals surface area (Å²) in [6.07, 6.45) is -3.67. The molecule has 0 saturated carbocycles. The van der Waals surface area contributed by atoms with Crippen molar-refractivity contribution in [1.82, 2.24) is 9.38 Å². The van der Waals surface area contributed by atoms with Crippen LogP contribution in [-0.4, -0.2) is 21.5 Å². The number of benzene rings is 1. The lowest BCUT2D eigenvalue weighted by molar-refractivity contribution is -0.198. The maximum Gasteiger partial charge on any atom is 0.402 e. The van der Waals surface area contributed by atoms with Crippen LogP contribution in [0, 0.1) is 12.8 Å². The van der Waals surface area contributed by atoms with Crippen molar-refractivity contribution in [3.05, 3.63) is 81.9 Å². The standard InChI is InChI=1S/C20H17F3N2O3/c1-13-7-8-17-24-15(10-18(26)25(17)11-13)12-28-19(27)16(20(21,22)23)9-14-5-3-2-4-6-14/h2-8,10-11,16H,9,12H2,1H3. The molecule has 0 aliphatic heterocycles. The van der Waals surface area contributed by atoms with Gasteiger partial charge in [0.2, 0.25) is 0 Å². The van der Waals surface area contributed by atoms with E-state index in [0.29, 0.717) is 11.2 Å². The molecule has 0 bridgehead atoms. The van der Waals surface area contributed by atoms with Crippen molar-refractivity contribution < 1.29 is 22.7 Å². The molecule has 0 aliphatic rings. The predicted molar refractivity (Wildman–Crippen MR) is 95.7 cm³/mol. The molecule has 0 aliphatic carbocycles. The zero-order valence-electron chi connectivity index (χ0n) is 14.9. The second kappa shape index (κ2) is 7.84. The Labute approximate surface area is 158 Å². The van der Waals surface area contributed by atoms with Crippen molar-refractivity contribution in [1.29, 1.82) is 0 Å². The van der Waals surface area contributed by atoms with Crippen LogP contribution in [0.15, 0.2) is 59.5 Å². The minimum atomic E-state index is -4.75. The number of hydrogen-bond donors (Lipinski definition) is 0. The summed E-state index contributed by atoms with van der Waals surface area (Å²) in [5, 5.41) is 0. The molecule has 8 heteroatoms. The van der Waals surface area contributed by atoms with Gasteiger partial charge in [-0.15, -0.1) is 0 Å². The van der Waals surface area contributed by atoms with E-state index in [1.807, 2.05) is 6.92 Å². The molecule has 0 amide bonds. The van der Waals surface area contributed by atoms with Crippen molar-refractivity contribution >= 4 is 11.6 Å². The molecular formula is C20H17F3N2O3. The van der Waals surface area contributed by atoms with Gasteiger partial charge in [-0.1, -0.05) is 36.4 Å². The van der Waals surface area contributed by atoms with Gasteiger partial charge >= 0.3 is 12.1 Å². The highest BCUT2D eigenvalue weighted by molar-refractivity contribution is 5.73. The molecule has 2 heterocycles. The van der Waals surface area contributed by atoms with E-state index in [2.05, 4.69) is 4.98 Å². The molecule has 0 saturated heterocycles. The van der Waals surface area contributed by atoms with Gasteiger partial charge in [0.15, 0.2) is 5.92 Å². The molecule has 1 unspecified atom stereocenters. The second-order valence-corrected chi connectivity index (χ2v) is 6.41. The van der Waals surface area contributed by atoms with Crippen LogP contribution in [-0.2, 0) is 22.6 Å². The number of aromatic nitrogens is 2. The lowest BCUT2D eigenvalue weighted by Crippen LogP contribution is -2.34. The number of ether oxygens (including phenoxy) is 1. The van der Waals surface area contributed by atoms with Gasteiger partial charge in [0.05, 0.1) is 5.69 Å². The largest absolute Gasteiger partial charge is 0.459 e. The number of aryl methyl sites for hydroxylation is 1. The number of pyridine rings is 1. The molecule has 0 fully saturated rings. The SMILES string of the molecule is Cc1ccc2nc(COC(=O)C(Cc3ccccc3)C(F)(F)F)cc(=O)n2c1. The number of alkyl halides is 3. The summed E-state index contributed by atoms with van der Waals surface area (Å²) in [5.41, 5.74) is 1.23. The summed E-state index contributed by atoms with van der Waals surface area (Å²) in [4.78, 5) is 28.4. The third-order valence-corrected chi connectivity index (χ3v) is 4.19. The lowest BCUT2D eigenvalue weighted by Gasteiger charge is -2.19. The van der Waals surface area contributed by atoms with Crippen molar-refractivity contribution in [3.8, 4) is 0 Å². The Morgan fingerprint density at radius 1 is 1.18 bits per heavy atom. The van der Waals surface area contributed by atoms with Crippen molar-refractivity contribution in [2.45, 2.75) is 26.1 Å². The van der Waals surface area contributed by atoms with Gasteiger partial charge in [0.1, 0.15) is 12.3 Å². The zero-order chi connectivity index (χ0) is 20.3. The molecule has 3 rings (SSSR count). The lowest BCUT2D eigenvalue weighted by atomic mass is 9.99. The van der Waals surface area contributed by atoms with Gasteiger partial charge in [0.25, 0.3) is 5.56 Å². The molecule has 28 heavy (non-hydrogen) atoms. The van der Waals surface area contributed by atoms with Gasteiger partial charge < -0.3 is 4.74 Å². The maximum atomic E-state index is 13.3. The fourth-order valence-electron chi connectivity index (χ4n) is 2.76. The number of fused-ring (bicyclic) bond motifs is 1. The van der Waals surface area contributed by atoms with Crippen molar-refractivity contribution in [3.63, 3.8) is 0 Å². The molecule has 3 aromatic rings. The molecule has 1 atom stereocenters. The Morgan fingerprint density at radius 2 is 1.89 bits per heavy atom. The number of hydrogen-bond acceptors (Lipinski definition) is 4. The Bertz CT molecular complexity index is 1050. The van der Waals surface area contributed by atoms with Crippen LogP contribution in [0.2, 0.25) is 0 Å². The highest BCUT2D eigenvalue weighted by atomic mass is 19.4. The molecule has 5 nitrogen and oxygen atoms in total. The summed E-state index contributed by atoms with van der Waals surface area (Å²) < 4.78 is 46.1. The van der Waals surface area contributed by atoms with Crippen LogP contribution in [0.4, 0.5) is 13.2 Å². The summed E-state index contributed by atoms with van der Waals surface area (Å²) in [7, 11) is 0. The van der Waals surface area contributed by atoms with Crippen LogP contribution >= 0.6 is 0 Å². The normalized spacial score (nSPS) is 12.7. The average Bonchev–Trinajstić information content (AvgIpc) is 2.65. The van der Waals surface area contributed by atoms with Crippen LogP contribution in [0.25, 0.3) is 5.65 Å². The minimum Gasteiger partial charge on any atom is -0.459 e. The Hall–Kier alpha value is -3.16. The highest BCUT2D eigenvalue weighted by Crippen LogP contribution is 2.30. The van der Waals surface area contributed by atoms with Crippen LogP contribution < -0.4 is 5.56 Å². The van der Waals surface area contributed by atoms with E-state index >= 15 is 0 Å². The summed E-state index contributed by atoms with van der Waals surface area (Å²) in [5.74, 6) is -3.69. The first-order valence-electron chi connectivity index (χ1n) is 8.50. The van der Waals surface area contributed by atoms with Gasteiger partial charge in [-0.2, -0.15) is 13.2 Å². The quantitative estimate of drug-likeness (QED) is 0.626. The first-order valence-corrected chi connectivity index (χ1v) is 8.50. The number of halogens is 3. The number of nitrogens with zero attached hydrogens (tertiary/aromatic N) is 2. The summed E-state index contributed by atoms with van der Waals surface area (Å²) in [6, 6.07) is 12.4. The van der Waals surface area contributed by atoms with Gasteiger partial charge in [-0.25, -0.2) is 4.98 Å². The molecule has 1 aromatic carbocycles. The number of carbonyl (C=O) groups is 1. The molecular weight excluding hydrogens is 373 g/mol. The van der Waals surface area contributed by atoms with E-state index in [1.165, 1.54) is 16.5 Å². The van der Waals surface area contributed by atoms with E-state index in [1.54, 1.807) is 36.5 Å². The summed E-state index contributed by atoms with van der Waals surface area (Å²) in [6.45, 7) is 1.30. The second-order valence-electron chi connectivity index (χ2n) is 6.41. The van der Waals surface area contributed by atoms with Crippen molar-refractivity contribution in [2.24, 2.45) is 5.92 Å². The third kappa shape index (κ3) is 4.57. The third-order valence-electron chi connectivity index (χ3n) is 4.19. The molecule has 146 valence electrons.